The maximum absolute atomic E-state index is 5.93. The second kappa shape index (κ2) is 11.7. The molecule has 128 valence electrons. The Hall–Kier alpha value is 0.239. The molecule has 0 aromatic rings. The Bertz CT molecular complexity index is 324. The molecule has 0 aromatic heterocycles. The average Bonchev–Trinajstić information content (AvgIpc) is 2.53. The third-order valence-corrected chi connectivity index (χ3v) is 19.1. The van der Waals surface area contributed by atoms with Gasteiger partial charge in [0.1, 0.15) is 0 Å². The number of unbranched alkanes of at least 4 members (excludes halogenated alkanes) is 3. The third-order valence-electron chi connectivity index (χ3n) is 5.01. The zero-order valence-electron chi connectivity index (χ0n) is 15.5. The van der Waals surface area contributed by atoms with Crippen LogP contribution < -0.4 is 0 Å². The molecule has 0 unspecified atom stereocenters. The van der Waals surface area contributed by atoms with Crippen LogP contribution in [-0.4, -0.2) is 31.1 Å². The molecule has 0 N–H and O–H groups in total. The van der Waals surface area contributed by atoms with Crippen molar-refractivity contribution in [1.29, 1.82) is 0 Å². The topological polar surface area (TPSA) is 9.23 Å². The van der Waals surface area contributed by atoms with Crippen LogP contribution in [0, 0.1) is 0 Å². The molecule has 1 rings (SSSR count). The summed E-state index contributed by atoms with van der Waals surface area (Å²) in [6, 6.07) is 0. The van der Waals surface area contributed by atoms with Gasteiger partial charge in [-0.3, -0.25) is 0 Å². The van der Waals surface area contributed by atoms with E-state index in [0.29, 0.717) is 6.10 Å². The Morgan fingerprint density at radius 2 is 1.59 bits per heavy atom. The van der Waals surface area contributed by atoms with Gasteiger partial charge in [-0.1, -0.05) is 0 Å². The Labute approximate surface area is 143 Å². The van der Waals surface area contributed by atoms with Gasteiger partial charge in [-0.05, 0) is 0 Å². The van der Waals surface area contributed by atoms with E-state index < -0.39 is 18.4 Å². The minimum atomic E-state index is -2.10. The first-order valence-corrected chi connectivity index (χ1v) is 17.3. The monoisotopic (exact) mass is 414 g/mol. The molecule has 1 aliphatic heterocycles. The van der Waals surface area contributed by atoms with E-state index in [-0.39, 0.29) is 0 Å². The molecule has 0 aliphatic carbocycles. The molecule has 0 bridgehead atoms. The second-order valence-corrected chi connectivity index (χ2v) is 20.2. The molecule has 22 heavy (non-hydrogen) atoms. The molecule has 0 saturated heterocycles. The number of ether oxygens (including phenoxy) is 1. The van der Waals surface area contributed by atoms with E-state index in [1.54, 1.807) is 13.3 Å². The summed E-state index contributed by atoms with van der Waals surface area (Å²) in [6.07, 6.45) is 14.6. The summed E-state index contributed by atoms with van der Waals surface area (Å²) in [5, 5.41) is 0. The summed E-state index contributed by atoms with van der Waals surface area (Å²) in [5.41, 5.74) is 1.50. The van der Waals surface area contributed by atoms with E-state index >= 15 is 0 Å². The van der Waals surface area contributed by atoms with Crippen LogP contribution in [0.15, 0.2) is 21.8 Å². The quantitative estimate of drug-likeness (QED) is 0.272. The zero-order chi connectivity index (χ0) is 16.3. The summed E-state index contributed by atoms with van der Waals surface area (Å²) in [7, 11) is 0. The molecule has 1 nitrogen and oxygen atoms in total. The van der Waals surface area contributed by atoms with Crippen LogP contribution in [0.4, 0.5) is 0 Å². The van der Waals surface area contributed by atoms with Crippen LogP contribution in [0.25, 0.3) is 0 Å². The summed E-state index contributed by atoms with van der Waals surface area (Å²) in [6.45, 7) is 10.1. The van der Waals surface area contributed by atoms with Crippen molar-refractivity contribution in [3.8, 4) is 0 Å². The Morgan fingerprint density at radius 1 is 1.05 bits per heavy atom. The summed E-state index contributed by atoms with van der Waals surface area (Å²) >= 11 is -2.10. The fraction of sp³-hybridized carbons (Fsp3) is 0.800. The van der Waals surface area contributed by atoms with E-state index in [4.69, 9.17) is 4.74 Å². The van der Waals surface area contributed by atoms with Gasteiger partial charge in [0.25, 0.3) is 0 Å². The molecular formula is C20H38OSn. The molecular weight excluding hydrogens is 375 g/mol. The van der Waals surface area contributed by atoms with Gasteiger partial charge >= 0.3 is 144 Å². The van der Waals surface area contributed by atoms with Gasteiger partial charge in [-0.15, -0.1) is 0 Å². The number of hydrogen-bond donors (Lipinski definition) is 0. The zero-order valence-corrected chi connectivity index (χ0v) is 18.3. The summed E-state index contributed by atoms with van der Waals surface area (Å²) < 4.78 is 13.4. The first-order chi connectivity index (χ1) is 10.7. The number of hydrogen-bond acceptors (Lipinski definition) is 1. The van der Waals surface area contributed by atoms with Crippen LogP contribution in [0.5, 0.6) is 0 Å². The van der Waals surface area contributed by atoms with Gasteiger partial charge in [0.05, 0.1) is 0 Å². The first kappa shape index (κ1) is 20.3. The SMILES string of the molecule is CCC[CH2][Sn](/[CH]=C/[C@@H]1CC(C)=CCO1)([CH2]CCC)[CH2]CCC. The molecule has 0 saturated carbocycles. The summed E-state index contributed by atoms with van der Waals surface area (Å²) in [5.74, 6) is 0. The van der Waals surface area contributed by atoms with E-state index in [1.165, 1.54) is 44.1 Å². The van der Waals surface area contributed by atoms with Crippen molar-refractivity contribution in [3.05, 3.63) is 21.8 Å². The van der Waals surface area contributed by atoms with E-state index in [9.17, 15) is 0 Å². The van der Waals surface area contributed by atoms with Crippen molar-refractivity contribution < 1.29 is 4.74 Å². The van der Waals surface area contributed by atoms with Gasteiger partial charge in [0.2, 0.25) is 0 Å². The third kappa shape index (κ3) is 7.68. The molecule has 1 aliphatic rings. The Kier molecular flexibility index (Phi) is 10.8. The molecule has 1 heterocycles. The van der Waals surface area contributed by atoms with Crippen molar-refractivity contribution >= 4 is 18.4 Å². The maximum atomic E-state index is 5.93. The van der Waals surface area contributed by atoms with E-state index in [1.807, 2.05) is 0 Å². The molecule has 0 amide bonds. The predicted molar refractivity (Wildman–Crippen MR) is 102 cm³/mol. The van der Waals surface area contributed by atoms with Crippen LogP contribution in [0.3, 0.4) is 0 Å². The Balaban J connectivity index is 2.77. The van der Waals surface area contributed by atoms with E-state index in [2.05, 4.69) is 43.9 Å². The van der Waals surface area contributed by atoms with Crippen molar-refractivity contribution in [2.75, 3.05) is 6.61 Å². The Morgan fingerprint density at radius 3 is 2.05 bits per heavy atom. The predicted octanol–water partition coefficient (Wildman–Crippen LogP) is 6.67. The van der Waals surface area contributed by atoms with Crippen LogP contribution in [-0.2, 0) is 4.74 Å². The van der Waals surface area contributed by atoms with Crippen molar-refractivity contribution in [2.24, 2.45) is 0 Å². The fourth-order valence-electron chi connectivity index (χ4n) is 3.42. The minimum absolute atomic E-state index is 0.353. The van der Waals surface area contributed by atoms with Crippen molar-refractivity contribution in [3.63, 3.8) is 0 Å². The van der Waals surface area contributed by atoms with Crippen LogP contribution >= 0.6 is 0 Å². The summed E-state index contributed by atoms with van der Waals surface area (Å²) in [4.78, 5) is 0. The van der Waals surface area contributed by atoms with Gasteiger partial charge < -0.3 is 0 Å². The van der Waals surface area contributed by atoms with Gasteiger partial charge in [0.15, 0.2) is 0 Å². The average molecular weight is 413 g/mol. The van der Waals surface area contributed by atoms with Gasteiger partial charge in [-0.2, -0.15) is 0 Å². The number of rotatable bonds is 11. The van der Waals surface area contributed by atoms with Crippen molar-refractivity contribution in [1.82, 2.24) is 0 Å². The van der Waals surface area contributed by atoms with E-state index in [0.717, 1.165) is 13.0 Å². The normalized spacial score (nSPS) is 19.6. The second-order valence-electron chi connectivity index (χ2n) is 7.16. The van der Waals surface area contributed by atoms with Gasteiger partial charge in [-0.25, -0.2) is 0 Å². The fourth-order valence-corrected chi connectivity index (χ4v) is 17.8. The molecule has 1 atom stereocenters. The molecule has 0 aromatic carbocycles. The molecule has 0 fully saturated rings. The van der Waals surface area contributed by atoms with Gasteiger partial charge in [0, 0.05) is 0 Å². The molecule has 0 radical (unpaired) electrons. The molecule has 2 heteroatoms. The van der Waals surface area contributed by atoms with Crippen LogP contribution in [0.2, 0.25) is 13.3 Å². The van der Waals surface area contributed by atoms with Crippen LogP contribution in [0.1, 0.15) is 72.6 Å². The standard InChI is InChI=1S/C8H11O.3C4H9.Sn/c1-3-8-6-7(2)4-5-9-8;3*1-3-4-2;/h1,3-4,8H,5-6H2,2H3;3*1,3-4H2,2H3;/t8-;;;;/m1..../s1. The van der Waals surface area contributed by atoms with Crippen molar-refractivity contribution in [2.45, 2.75) is 92.1 Å². The molecule has 0 spiro atoms. The first-order valence-electron chi connectivity index (χ1n) is 9.62.